The number of rotatable bonds is 10. The minimum atomic E-state index is -0.829. The normalized spacial score (nSPS) is 14.8. The third-order valence-electron chi connectivity index (χ3n) is 6.19. The van der Waals surface area contributed by atoms with Crippen molar-refractivity contribution in [2.24, 2.45) is 0 Å². The van der Waals surface area contributed by atoms with Crippen LogP contribution in [0.3, 0.4) is 0 Å². The molecule has 0 saturated carbocycles. The largest absolute Gasteiger partial charge is 0.493 e. The molecule has 0 spiro atoms. The van der Waals surface area contributed by atoms with Crippen LogP contribution in [0.5, 0.6) is 11.5 Å². The van der Waals surface area contributed by atoms with Gasteiger partial charge < -0.3 is 24.4 Å². The lowest BCUT2D eigenvalue weighted by Crippen LogP contribution is -2.37. The van der Waals surface area contributed by atoms with Crippen LogP contribution in [0.4, 0.5) is 11.4 Å². The highest BCUT2D eigenvalue weighted by molar-refractivity contribution is 7.80. The van der Waals surface area contributed by atoms with E-state index in [1.54, 1.807) is 68.5 Å². The standard InChI is InChI=1S/C29H29N3O6S/c1-4-38-28(35)20-11-13-21(14-12-20)30-26(33)17-23-27(34)32(22-8-6-5-7-9-22)29(39)31(23)18-19-10-15-24(36-2)25(16-19)37-3/h5-16,23H,4,17-18H2,1-3H3,(H,30,33)/t23-/m1/s1. The number of nitrogens with one attached hydrogen (secondary N) is 1. The average molecular weight is 548 g/mol. The molecule has 1 aliphatic heterocycles. The van der Waals surface area contributed by atoms with Crippen LogP contribution in [-0.2, 0) is 20.9 Å². The molecular formula is C29H29N3O6S. The van der Waals surface area contributed by atoms with E-state index < -0.39 is 12.0 Å². The maximum absolute atomic E-state index is 13.6. The van der Waals surface area contributed by atoms with Crippen molar-refractivity contribution >= 4 is 46.5 Å². The molecule has 1 saturated heterocycles. The van der Waals surface area contributed by atoms with Gasteiger partial charge in [0.05, 0.1) is 38.5 Å². The number of esters is 1. The molecule has 3 aromatic carbocycles. The highest BCUT2D eigenvalue weighted by Crippen LogP contribution is 2.32. The zero-order chi connectivity index (χ0) is 27.9. The van der Waals surface area contributed by atoms with E-state index in [0.717, 1.165) is 5.56 Å². The summed E-state index contributed by atoms with van der Waals surface area (Å²) in [7, 11) is 3.11. The summed E-state index contributed by atoms with van der Waals surface area (Å²) in [4.78, 5) is 41.8. The maximum atomic E-state index is 13.6. The molecule has 1 fully saturated rings. The van der Waals surface area contributed by atoms with Gasteiger partial charge in [0.15, 0.2) is 16.6 Å². The Morgan fingerprint density at radius 2 is 1.64 bits per heavy atom. The predicted molar refractivity (Wildman–Crippen MR) is 151 cm³/mol. The second-order valence-corrected chi connectivity index (χ2v) is 9.04. The summed E-state index contributed by atoms with van der Waals surface area (Å²) in [6, 6.07) is 20.1. The van der Waals surface area contributed by atoms with Crippen LogP contribution in [0.2, 0.25) is 0 Å². The summed E-state index contributed by atoms with van der Waals surface area (Å²) in [5, 5.41) is 3.11. The summed E-state index contributed by atoms with van der Waals surface area (Å²) in [6.45, 7) is 2.28. The van der Waals surface area contributed by atoms with Gasteiger partial charge in [-0.3, -0.25) is 14.5 Å². The number of benzene rings is 3. The third kappa shape index (κ3) is 6.18. The van der Waals surface area contributed by atoms with Gasteiger partial charge in [0.2, 0.25) is 5.91 Å². The van der Waals surface area contributed by atoms with Crippen molar-refractivity contribution in [3.8, 4) is 11.5 Å². The molecule has 0 aromatic heterocycles. The number of carbonyl (C=O) groups excluding carboxylic acids is 3. The Hall–Kier alpha value is -4.44. The molecule has 39 heavy (non-hydrogen) atoms. The van der Waals surface area contributed by atoms with Crippen molar-refractivity contribution in [2.45, 2.75) is 25.9 Å². The fourth-order valence-electron chi connectivity index (χ4n) is 4.30. The highest BCUT2D eigenvalue weighted by Gasteiger charge is 2.44. The van der Waals surface area contributed by atoms with Gasteiger partial charge in [-0.15, -0.1) is 0 Å². The molecule has 1 heterocycles. The number of carbonyl (C=O) groups is 3. The molecule has 1 aliphatic rings. The summed E-state index contributed by atoms with van der Waals surface area (Å²) in [6.07, 6.45) is -0.130. The number of para-hydroxylation sites is 1. The minimum absolute atomic E-state index is 0.130. The average Bonchev–Trinajstić information content (AvgIpc) is 3.17. The SMILES string of the molecule is CCOC(=O)c1ccc(NC(=O)C[C@@H]2C(=O)N(c3ccccc3)C(=S)N2Cc2ccc(OC)c(OC)c2)cc1. The van der Waals surface area contributed by atoms with Gasteiger partial charge in [-0.1, -0.05) is 24.3 Å². The Morgan fingerprint density at radius 3 is 2.28 bits per heavy atom. The van der Waals surface area contributed by atoms with Crippen LogP contribution in [0.15, 0.2) is 72.8 Å². The number of anilines is 2. The van der Waals surface area contributed by atoms with Crippen LogP contribution < -0.4 is 19.7 Å². The summed E-state index contributed by atoms with van der Waals surface area (Å²) in [5.74, 6) is 0.0306. The van der Waals surface area contributed by atoms with Crippen molar-refractivity contribution in [1.29, 1.82) is 0 Å². The van der Waals surface area contributed by atoms with Crippen molar-refractivity contribution in [2.75, 3.05) is 31.0 Å². The van der Waals surface area contributed by atoms with E-state index in [1.165, 1.54) is 4.90 Å². The first-order valence-corrected chi connectivity index (χ1v) is 12.7. The number of nitrogens with zero attached hydrogens (tertiary/aromatic N) is 2. The topological polar surface area (TPSA) is 97.4 Å². The summed E-state index contributed by atoms with van der Waals surface area (Å²) >= 11 is 5.75. The van der Waals surface area contributed by atoms with Crippen molar-refractivity contribution in [3.63, 3.8) is 0 Å². The molecule has 202 valence electrons. The highest BCUT2D eigenvalue weighted by atomic mass is 32.1. The van der Waals surface area contributed by atoms with E-state index in [-0.39, 0.29) is 31.4 Å². The van der Waals surface area contributed by atoms with E-state index in [9.17, 15) is 14.4 Å². The van der Waals surface area contributed by atoms with Crippen LogP contribution >= 0.6 is 12.2 Å². The van der Waals surface area contributed by atoms with E-state index >= 15 is 0 Å². The molecule has 10 heteroatoms. The third-order valence-corrected chi connectivity index (χ3v) is 6.61. The fourth-order valence-corrected chi connectivity index (χ4v) is 4.68. The Kier molecular flexibility index (Phi) is 8.77. The number of thiocarbonyl (C=S) groups is 1. The Balaban J connectivity index is 1.56. The van der Waals surface area contributed by atoms with Crippen molar-refractivity contribution < 1.29 is 28.6 Å². The molecule has 0 radical (unpaired) electrons. The molecule has 0 unspecified atom stereocenters. The fraction of sp³-hybridized carbons (Fsp3) is 0.241. The van der Waals surface area contributed by atoms with Gasteiger partial charge in [0.25, 0.3) is 5.91 Å². The first kappa shape index (κ1) is 27.6. The Labute approximate surface area is 232 Å². The van der Waals surface area contributed by atoms with Crippen LogP contribution in [0.1, 0.15) is 29.3 Å². The van der Waals surface area contributed by atoms with Crippen molar-refractivity contribution in [3.05, 3.63) is 83.9 Å². The van der Waals surface area contributed by atoms with Gasteiger partial charge in [-0.2, -0.15) is 0 Å². The van der Waals surface area contributed by atoms with Gasteiger partial charge in [0, 0.05) is 12.2 Å². The molecule has 9 nitrogen and oxygen atoms in total. The number of amides is 2. The molecule has 3 aromatic rings. The van der Waals surface area contributed by atoms with Gasteiger partial charge in [-0.25, -0.2) is 4.79 Å². The maximum Gasteiger partial charge on any atom is 0.338 e. The first-order chi connectivity index (χ1) is 18.9. The van der Waals surface area contributed by atoms with Gasteiger partial charge >= 0.3 is 5.97 Å². The smallest absolute Gasteiger partial charge is 0.338 e. The number of methoxy groups -OCH3 is 2. The van der Waals surface area contributed by atoms with Crippen LogP contribution in [0.25, 0.3) is 0 Å². The summed E-state index contributed by atoms with van der Waals surface area (Å²) < 4.78 is 15.8. The molecule has 1 atom stereocenters. The zero-order valence-electron chi connectivity index (χ0n) is 21.9. The quantitative estimate of drug-likeness (QED) is 0.295. The lowest BCUT2D eigenvalue weighted by atomic mass is 10.1. The first-order valence-electron chi connectivity index (χ1n) is 12.3. The minimum Gasteiger partial charge on any atom is -0.493 e. The van der Waals surface area contributed by atoms with Crippen LogP contribution in [-0.4, -0.2) is 54.7 Å². The lowest BCUT2D eigenvalue weighted by Gasteiger charge is -2.24. The van der Waals surface area contributed by atoms with E-state index in [0.29, 0.717) is 33.5 Å². The van der Waals surface area contributed by atoms with Crippen LogP contribution in [0, 0.1) is 0 Å². The summed E-state index contributed by atoms with van der Waals surface area (Å²) in [5.41, 5.74) is 2.33. The second-order valence-electron chi connectivity index (χ2n) is 8.67. The molecule has 0 aliphatic carbocycles. The predicted octanol–water partition coefficient (Wildman–Crippen LogP) is 4.41. The second kappa shape index (κ2) is 12.4. The molecular weight excluding hydrogens is 518 g/mol. The number of ether oxygens (including phenoxy) is 3. The number of hydrogen-bond donors (Lipinski definition) is 1. The molecule has 0 bridgehead atoms. The van der Waals surface area contributed by atoms with E-state index in [1.807, 2.05) is 30.3 Å². The van der Waals surface area contributed by atoms with E-state index in [4.69, 9.17) is 26.4 Å². The Morgan fingerprint density at radius 1 is 0.949 bits per heavy atom. The van der Waals surface area contributed by atoms with E-state index in [2.05, 4.69) is 5.32 Å². The lowest BCUT2D eigenvalue weighted by molar-refractivity contribution is -0.124. The number of hydrogen-bond acceptors (Lipinski definition) is 7. The van der Waals surface area contributed by atoms with Crippen molar-refractivity contribution in [1.82, 2.24) is 4.90 Å². The zero-order valence-corrected chi connectivity index (χ0v) is 22.7. The monoisotopic (exact) mass is 547 g/mol. The molecule has 2 amide bonds. The molecule has 1 N–H and O–H groups in total. The van der Waals surface area contributed by atoms with Gasteiger partial charge in [-0.05, 0) is 73.2 Å². The van der Waals surface area contributed by atoms with Gasteiger partial charge in [0.1, 0.15) is 6.04 Å². The molecule has 4 rings (SSSR count). The Bertz CT molecular complexity index is 1360.